The monoisotopic (exact) mass is 280 g/mol. The predicted octanol–water partition coefficient (Wildman–Crippen LogP) is 4.70. The van der Waals surface area contributed by atoms with Gasteiger partial charge in [-0.25, -0.2) is 0 Å². The summed E-state index contributed by atoms with van der Waals surface area (Å²) in [6.07, 6.45) is 5.53. The first kappa shape index (κ1) is 15.0. The second kappa shape index (κ2) is 5.93. The van der Waals surface area contributed by atoms with E-state index in [1.807, 2.05) is 52.0 Å². The zero-order valence-corrected chi connectivity index (χ0v) is 13.2. The van der Waals surface area contributed by atoms with Gasteiger partial charge in [-0.05, 0) is 74.2 Å². The molecule has 0 saturated carbocycles. The lowest BCUT2D eigenvalue weighted by Gasteiger charge is -2.15. The van der Waals surface area contributed by atoms with E-state index >= 15 is 0 Å². The van der Waals surface area contributed by atoms with E-state index in [2.05, 4.69) is 5.92 Å². The number of hydrogen-bond donors (Lipinski definition) is 0. The molecule has 0 aliphatic carbocycles. The Bertz CT molecular complexity index is 675. The molecule has 2 heteroatoms. The number of rotatable bonds is 3. The molecule has 2 aromatic carbocycles. The summed E-state index contributed by atoms with van der Waals surface area (Å²) in [5.74, 6) is 5.23. The highest BCUT2D eigenvalue weighted by Gasteiger charge is 2.10. The Kier molecular flexibility index (Phi) is 4.23. The first-order valence-corrected chi connectivity index (χ1v) is 6.87. The average Bonchev–Trinajstić information content (AvgIpc) is 2.42. The quantitative estimate of drug-likeness (QED) is 0.758. The average molecular weight is 280 g/mol. The molecular formula is C19H20O2. The maximum absolute atomic E-state index is 6.08. The second-order valence-corrected chi connectivity index (χ2v) is 5.27. The minimum atomic E-state index is 0.806. The third kappa shape index (κ3) is 3.03. The normalized spacial score (nSPS) is 10.1. The molecule has 0 unspecified atom stereocenters. The van der Waals surface area contributed by atoms with Crippen LogP contribution < -0.4 is 9.47 Å². The fraction of sp³-hybridized carbons (Fsp3) is 0.263. The van der Waals surface area contributed by atoms with Gasteiger partial charge in [0.25, 0.3) is 0 Å². The number of benzene rings is 2. The van der Waals surface area contributed by atoms with Crippen LogP contribution in [-0.4, -0.2) is 7.11 Å². The summed E-state index contributed by atoms with van der Waals surface area (Å²) in [6.45, 7) is 8.03. The van der Waals surface area contributed by atoms with Crippen LogP contribution in [0.3, 0.4) is 0 Å². The lowest BCUT2D eigenvalue weighted by molar-refractivity contribution is 0.411. The number of terminal acetylenes is 1. The Morgan fingerprint density at radius 2 is 1.29 bits per heavy atom. The lowest BCUT2D eigenvalue weighted by Crippen LogP contribution is -1.95. The molecule has 21 heavy (non-hydrogen) atoms. The zero-order chi connectivity index (χ0) is 15.6. The summed E-state index contributed by atoms with van der Waals surface area (Å²) >= 11 is 0. The van der Waals surface area contributed by atoms with E-state index in [9.17, 15) is 0 Å². The Morgan fingerprint density at radius 1 is 0.810 bits per heavy atom. The molecule has 0 aliphatic rings. The molecule has 0 spiro atoms. The molecule has 0 radical (unpaired) electrons. The Balaban J connectivity index is 2.42. The summed E-state index contributed by atoms with van der Waals surface area (Å²) < 4.78 is 11.3. The molecule has 0 saturated heterocycles. The first-order chi connectivity index (χ1) is 9.96. The van der Waals surface area contributed by atoms with Crippen molar-refractivity contribution in [2.24, 2.45) is 0 Å². The lowest BCUT2D eigenvalue weighted by atomic mass is 10.0. The van der Waals surface area contributed by atoms with Gasteiger partial charge in [0, 0.05) is 5.56 Å². The van der Waals surface area contributed by atoms with Crippen LogP contribution in [0.15, 0.2) is 24.3 Å². The van der Waals surface area contributed by atoms with Gasteiger partial charge in [-0.15, -0.1) is 6.42 Å². The highest BCUT2D eigenvalue weighted by molar-refractivity contribution is 5.52. The van der Waals surface area contributed by atoms with E-state index in [-0.39, 0.29) is 0 Å². The molecule has 2 nitrogen and oxygen atoms in total. The highest BCUT2D eigenvalue weighted by atomic mass is 16.5. The van der Waals surface area contributed by atoms with E-state index in [4.69, 9.17) is 15.9 Å². The van der Waals surface area contributed by atoms with Crippen molar-refractivity contribution >= 4 is 0 Å². The van der Waals surface area contributed by atoms with Gasteiger partial charge in [0.2, 0.25) is 0 Å². The molecule has 0 aliphatic heterocycles. The summed E-state index contributed by atoms with van der Waals surface area (Å²) in [7, 11) is 1.67. The summed E-state index contributed by atoms with van der Waals surface area (Å²) in [5, 5.41) is 0. The van der Waals surface area contributed by atoms with Crippen molar-refractivity contribution in [3.63, 3.8) is 0 Å². The van der Waals surface area contributed by atoms with Crippen LogP contribution in [-0.2, 0) is 0 Å². The molecule has 0 bridgehead atoms. The van der Waals surface area contributed by atoms with Crippen molar-refractivity contribution in [2.45, 2.75) is 27.7 Å². The summed E-state index contributed by atoms with van der Waals surface area (Å²) in [6, 6.07) is 7.90. The molecule has 2 rings (SSSR count). The van der Waals surface area contributed by atoms with Crippen LogP contribution in [0.1, 0.15) is 27.8 Å². The van der Waals surface area contributed by atoms with Gasteiger partial charge in [-0.2, -0.15) is 0 Å². The topological polar surface area (TPSA) is 18.5 Å². The van der Waals surface area contributed by atoms with Crippen LogP contribution in [0.25, 0.3) is 0 Å². The summed E-state index contributed by atoms with van der Waals surface area (Å²) in [4.78, 5) is 0. The van der Waals surface area contributed by atoms with E-state index in [1.54, 1.807) is 7.11 Å². The largest absolute Gasteiger partial charge is 0.497 e. The fourth-order valence-electron chi connectivity index (χ4n) is 2.52. The van der Waals surface area contributed by atoms with E-state index < -0.39 is 0 Å². The third-order valence-corrected chi connectivity index (χ3v) is 3.54. The second-order valence-electron chi connectivity index (χ2n) is 5.27. The van der Waals surface area contributed by atoms with Gasteiger partial charge in [0.15, 0.2) is 0 Å². The minimum Gasteiger partial charge on any atom is -0.497 e. The van der Waals surface area contributed by atoms with Crippen LogP contribution >= 0.6 is 0 Å². The van der Waals surface area contributed by atoms with Crippen LogP contribution in [0, 0.1) is 40.0 Å². The fourth-order valence-corrected chi connectivity index (χ4v) is 2.52. The van der Waals surface area contributed by atoms with Gasteiger partial charge >= 0.3 is 0 Å². The maximum atomic E-state index is 6.08. The van der Waals surface area contributed by atoms with Gasteiger partial charge in [-0.3, -0.25) is 0 Å². The van der Waals surface area contributed by atoms with Crippen LogP contribution in [0.5, 0.6) is 17.2 Å². The molecule has 0 N–H and O–H groups in total. The van der Waals surface area contributed by atoms with Crippen LogP contribution in [0.2, 0.25) is 0 Å². The standard InChI is InChI=1S/C19H20O2/c1-7-18-12(2)8-17(9-13(18)3)21-19-14(4)10-16(20-6)11-15(19)5/h1,8-11H,2-6H3. The molecule has 108 valence electrons. The third-order valence-electron chi connectivity index (χ3n) is 3.54. The van der Waals surface area contributed by atoms with Gasteiger partial charge in [-0.1, -0.05) is 5.92 Å². The number of ether oxygens (including phenoxy) is 2. The maximum Gasteiger partial charge on any atom is 0.133 e. The summed E-state index contributed by atoms with van der Waals surface area (Å²) in [5.41, 5.74) is 5.13. The van der Waals surface area contributed by atoms with Crippen molar-refractivity contribution in [2.75, 3.05) is 7.11 Å². The van der Waals surface area contributed by atoms with Crippen molar-refractivity contribution in [1.82, 2.24) is 0 Å². The number of aryl methyl sites for hydroxylation is 4. The molecule has 0 aromatic heterocycles. The van der Waals surface area contributed by atoms with Crippen molar-refractivity contribution in [3.05, 3.63) is 52.1 Å². The van der Waals surface area contributed by atoms with E-state index in [0.29, 0.717) is 0 Å². The molecule has 2 aromatic rings. The smallest absolute Gasteiger partial charge is 0.133 e. The van der Waals surface area contributed by atoms with E-state index in [1.165, 1.54) is 0 Å². The SMILES string of the molecule is C#Cc1c(C)cc(Oc2c(C)cc(OC)cc2C)cc1C. The molecular weight excluding hydrogens is 260 g/mol. The van der Waals surface area contributed by atoms with Crippen LogP contribution in [0.4, 0.5) is 0 Å². The van der Waals surface area contributed by atoms with Crippen molar-refractivity contribution in [3.8, 4) is 29.6 Å². The first-order valence-electron chi connectivity index (χ1n) is 6.87. The minimum absolute atomic E-state index is 0.806. The van der Waals surface area contributed by atoms with Gasteiger partial charge < -0.3 is 9.47 Å². The number of hydrogen-bond acceptors (Lipinski definition) is 2. The zero-order valence-electron chi connectivity index (χ0n) is 13.2. The molecule has 0 atom stereocenters. The van der Waals surface area contributed by atoms with Crippen molar-refractivity contribution < 1.29 is 9.47 Å². The predicted molar refractivity (Wildman–Crippen MR) is 86.4 cm³/mol. The van der Waals surface area contributed by atoms with Crippen molar-refractivity contribution in [1.29, 1.82) is 0 Å². The Hall–Kier alpha value is -2.40. The highest BCUT2D eigenvalue weighted by Crippen LogP contribution is 2.33. The Labute approximate surface area is 126 Å². The van der Waals surface area contributed by atoms with E-state index in [0.717, 1.165) is 45.1 Å². The molecule has 0 heterocycles. The number of methoxy groups -OCH3 is 1. The molecule has 0 fully saturated rings. The van der Waals surface area contributed by atoms with Gasteiger partial charge in [0.1, 0.15) is 17.2 Å². The Morgan fingerprint density at radius 3 is 1.71 bits per heavy atom. The van der Waals surface area contributed by atoms with Gasteiger partial charge in [0.05, 0.1) is 7.11 Å². The molecule has 0 amide bonds.